The van der Waals surface area contributed by atoms with Crippen LogP contribution in [-0.2, 0) is 16.1 Å². The molecule has 31 heavy (non-hydrogen) atoms. The minimum Gasteiger partial charge on any atom is -0.482 e. The Morgan fingerprint density at radius 2 is 1.94 bits per heavy atom. The Hall–Kier alpha value is -3.48. The Morgan fingerprint density at radius 3 is 2.68 bits per heavy atom. The van der Waals surface area contributed by atoms with Crippen molar-refractivity contribution in [3.63, 3.8) is 0 Å². The van der Waals surface area contributed by atoms with Crippen LogP contribution in [-0.4, -0.2) is 28.1 Å². The molecule has 1 N–H and O–H groups in total. The molecule has 1 fully saturated rings. The summed E-state index contributed by atoms with van der Waals surface area (Å²) >= 11 is 0. The van der Waals surface area contributed by atoms with Crippen molar-refractivity contribution in [3.05, 3.63) is 54.0 Å². The Balaban J connectivity index is 1.63. The molecule has 0 radical (unpaired) electrons. The summed E-state index contributed by atoms with van der Waals surface area (Å²) in [5.41, 5.74) is 4.96. The molecule has 2 heterocycles. The van der Waals surface area contributed by atoms with Gasteiger partial charge in [0, 0.05) is 30.5 Å². The number of aryl methyl sites for hydroxylation is 1. The van der Waals surface area contributed by atoms with E-state index < -0.39 is 0 Å². The monoisotopic (exact) mass is 419 g/mol. The van der Waals surface area contributed by atoms with Crippen molar-refractivity contribution in [2.24, 2.45) is 5.92 Å². The number of nitrogens with zero attached hydrogens (tertiary/aromatic N) is 2. The van der Waals surface area contributed by atoms with Crippen molar-refractivity contribution in [1.29, 1.82) is 0 Å². The molecule has 3 aromatic rings. The van der Waals surface area contributed by atoms with Crippen LogP contribution < -0.4 is 10.1 Å². The Bertz CT molecular complexity index is 1180. The molecule has 6 nitrogen and oxygen atoms in total. The van der Waals surface area contributed by atoms with Crippen LogP contribution >= 0.6 is 0 Å². The van der Waals surface area contributed by atoms with Gasteiger partial charge in [-0.25, -0.2) is 4.39 Å². The Labute approximate surface area is 179 Å². The maximum atomic E-state index is 13.6. The number of rotatable bonds is 4. The molecule has 1 atom stereocenters. The lowest BCUT2D eigenvalue weighted by Gasteiger charge is -2.19. The molecule has 0 spiro atoms. The highest BCUT2D eigenvalue weighted by Gasteiger charge is 2.26. The van der Waals surface area contributed by atoms with Crippen LogP contribution in [0.2, 0.25) is 0 Å². The molecule has 1 amide bonds. The average Bonchev–Trinajstić information content (AvgIpc) is 3.30. The number of amides is 1. The van der Waals surface area contributed by atoms with Crippen LogP contribution in [0.1, 0.15) is 25.0 Å². The molecule has 1 saturated carbocycles. The average molecular weight is 419 g/mol. The Kier molecular flexibility index (Phi) is 4.81. The van der Waals surface area contributed by atoms with Crippen LogP contribution in [0.25, 0.3) is 22.4 Å². The van der Waals surface area contributed by atoms with Gasteiger partial charge in [-0.2, -0.15) is 5.10 Å². The number of anilines is 1. The molecule has 1 aromatic heterocycles. The highest BCUT2D eigenvalue weighted by molar-refractivity contribution is 5.97. The lowest BCUT2D eigenvalue weighted by molar-refractivity contribution is -0.119. The predicted molar refractivity (Wildman–Crippen MR) is 114 cm³/mol. The quantitative estimate of drug-likeness (QED) is 0.682. The molecule has 1 aliphatic heterocycles. The van der Waals surface area contributed by atoms with Crippen molar-refractivity contribution in [2.75, 3.05) is 11.9 Å². The molecule has 1 aliphatic carbocycles. The third kappa shape index (κ3) is 3.71. The van der Waals surface area contributed by atoms with Gasteiger partial charge in [0.05, 0.1) is 17.1 Å². The SMILES string of the molecule is Cc1nn(CC2CCC(=O)C2)c(-c2ccc(F)cc2)c1-c1ccc2c(c1)NC(=O)CO2. The maximum absolute atomic E-state index is 13.6. The fourth-order valence-corrected chi connectivity index (χ4v) is 4.49. The predicted octanol–water partition coefficient (Wildman–Crippen LogP) is 4.36. The third-order valence-electron chi connectivity index (χ3n) is 5.93. The van der Waals surface area contributed by atoms with Crippen molar-refractivity contribution < 1.29 is 18.7 Å². The number of hydrogen-bond acceptors (Lipinski definition) is 4. The van der Waals surface area contributed by atoms with Crippen LogP contribution in [0.4, 0.5) is 10.1 Å². The van der Waals surface area contributed by atoms with Crippen molar-refractivity contribution in [1.82, 2.24) is 9.78 Å². The van der Waals surface area contributed by atoms with Crippen LogP contribution in [0.15, 0.2) is 42.5 Å². The van der Waals surface area contributed by atoms with Crippen molar-refractivity contribution in [3.8, 4) is 28.1 Å². The van der Waals surface area contributed by atoms with E-state index in [1.807, 2.05) is 29.8 Å². The fourth-order valence-electron chi connectivity index (χ4n) is 4.49. The van der Waals surface area contributed by atoms with Gasteiger partial charge in [0.25, 0.3) is 5.91 Å². The summed E-state index contributed by atoms with van der Waals surface area (Å²) in [6.45, 7) is 2.57. The van der Waals surface area contributed by atoms with Gasteiger partial charge in [-0.15, -0.1) is 0 Å². The molecule has 0 bridgehead atoms. The summed E-state index contributed by atoms with van der Waals surface area (Å²) in [5, 5.41) is 7.64. The highest BCUT2D eigenvalue weighted by atomic mass is 19.1. The van der Waals surface area contributed by atoms with E-state index in [9.17, 15) is 14.0 Å². The van der Waals surface area contributed by atoms with Crippen LogP contribution in [0.5, 0.6) is 5.75 Å². The molecule has 0 saturated heterocycles. The van der Waals surface area contributed by atoms with E-state index in [1.165, 1.54) is 12.1 Å². The van der Waals surface area contributed by atoms with Gasteiger partial charge in [0.15, 0.2) is 6.61 Å². The zero-order valence-corrected chi connectivity index (χ0v) is 17.2. The molecule has 2 aromatic carbocycles. The number of ether oxygens (including phenoxy) is 1. The number of aromatic nitrogens is 2. The second kappa shape index (κ2) is 7.65. The van der Waals surface area contributed by atoms with E-state index in [-0.39, 0.29) is 24.2 Å². The van der Waals surface area contributed by atoms with E-state index in [4.69, 9.17) is 9.84 Å². The first-order valence-corrected chi connectivity index (χ1v) is 10.4. The van der Waals surface area contributed by atoms with Gasteiger partial charge in [-0.3, -0.25) is 14.3 Å². The highest BCUT2D eigenvalue weighted by Crippen LogP contribution is 2.40. The minimum absolute atomic E-state index is 0.00421. The van der Waals surface area contributed by atoms with Crippen molar-refractivity contribution in [2.45, 2.75) is 32.7 Å². The topological polar surface area (TPSA) is 73.2 Å². The van der Waals surface area contributed by atoms with Gasteiger partial charge in [-0.1, -0.05) is 6.07 Å². The van der Waals surface area contributed by atoms with E-state index >= 15 is 0 Å². The summed E-state index contributed by atoms with van der Waals surface area (Å²) in [6.07, 6.45) is 2.05. The summed E-state index contributed by atoms with van der Waals surface area (Å²) < 4.78 is 21.0. The van der Waals surface area contributed by atoms with E-state index in [2.05, 4.69) is 5.32 Å². The number of ketones is 1. The van der Waals surface area contributed by atoms with Gasteiger partial charge in [0.1, 0.15) is 17.3 Å². The number of halogens is 1. The molecule has 5 rings (SSSR count). The number of carbonyl (C=O) groups excluding carboxylic acids is 2. The molecular weight excluding hydrogens is 397 g/mol. The van der Waals surface area contributed by atoms with Crippen LogP contribution in [0.3, 0.4) is 0 Å². The van der Waals surface area contributed by atoms with Crippen molar-refractivity contribution >= 4 is 17.4 Å². The normalized spacial score (nSPS) is 17.9. The number of carbonyl (C=O) groups is 2. The smallest absolute Gasteiger partial charge is 0.262 e. The van der Waals surface area contributed by atoms with E-state index in [0.717, 1.165) is 34.5 Å². The van der Waals surface area contributed by atoms with Crippen LogP contribution in [0, 0.1) is 18.7 Å². The summed E-state index contributed by atoms with van der Waals surface area (Å²) in [7, 11) is 0. The Morgan fingerprint density at radius 1 is 1.16 bits per heavy atom. The molecule has 158 valence electrons. The molecule has 1 unspecified atom stereocenters. The number of fused-ring (bicyclic) bond motifs is 1. The summed E-state index contributed by atoms with van der Waals surface area (Å²) in [5.74, 6) is 0.670. The zero-order chi connectivity index (χ0) is 21.5. The third-order valence-corrected chi connectivity index (χ3v) is 5.93. The lowest BCUT2D eigenvalue weighted by atomic mass is 9.97. The second-order valence-corrected chi connectivity index (χ2v) is 8.19. The summed E-state index contributed by atoms with van der Waals surface area (Å²) in [6, 6.07) is 12.0. The second-order valence-electron chi connectivity index (χ2n) is 8.19. The lowest BCUT2D eigenvalue weighted by Crippen LogP contribution is -2.25. The zero-order valence-electron chi connectivity index (χ0n) is 17.2. The largest absolute Gasteiger partial charge is 0.482 e. The van der Waals surface area contributed by atoms with Gasteiger partial charge in [0.2, 0.25) is 0 Å². The van der Waals surface area contributed by atoms with E-state index in [1.54, 1.807) is 12.1 Å². The first-order valence-electron chi connectivity index (χ1n) is 10.4. The molecule has 7 heteroatoms. The van der Waals surface area contributed by atoms with Gasteiger partial charge < -0.3 is 10.1 Å². The first-order chi connectivity index (χ1) is 15.0. The van der Waals surface area contributed by atoms with Gasteiger partial charge >= 0.3 is 0 Å². The number of benzene rings is 2. The molecule has 2 aliphatic rings. The standard InChI is InChI=1S/C24H22FN3O3/c1-14-23(17-5-9-21-20(11-17)26-22(30)13-31-21)24(16-3-6-18(25)7-4-16)28(27-14)12-15-2-8-19(29)10-15/h3-7,9,11,15H,2,8,10,12-13H2,1H3,(H,26,30). The van der Waals surface area contributed by atoms with E-state index in [0.29, 0.717) is 36.6 Å². The number of Topliss-reactive ketones (excluding diaryl/α,β-unsaturated/α-hetero) is 1. The molecular formula is C24H22FN3O3. The maximum Gasteiger partial charge on any atom is 0.262 e. The first kappa shape index (κ1) is 19.5. The van der Waals surface area contributed by atoms with Gasteiger partial charge in [-0.05, 0) is 61.2 Å². The minimum atomic E-state index is -0.303. The number of nitrogens with one attached hydrogen (secondary N) is 1. The number of hydrogen-bond donors (Lipinski definition) is 1. The summed E-state index contributed by atoms with van der Waals surface area (Å²) in [4.78, 5) is 23.5. The fraction of sp³-hybridized carbons (Fsp3) is 0.292.